The number of rotatable bonds is 4. The van der Waals surface area contributed by atoms with Gasteiger partial charge in [-0.25, -0.2) is 4.98 Å². The fourth-order valence-corrected chi connectivity index (χ4v) is 3.20. The number of carbonyl (C=O) groups is 1. The van der Waals surface area contributed by atoms with E-state index in [1.165, 1.54) is 11.3 Å². The monoisotopic (exact) mass is 308 g/mol. The molecule has 4 nitrogen and oxygen atoms in total. The van der Waals surface area contributed by atoms with E-state index in [9.17, 15) is 18.0 Å². The molecule has 2 rings (SSSR count). The summed E-state index contributed by atoms with van der Waals surface area (Å²) in [5.41, 5.74) is -0.0312. The van der Waals surface area contributed by atoms with Crippen molar-refractivity contribution in [3.63, 3.8) is 0 Å². The lowest BCUT2D eigenvalue weighted by Gasteiger charge is -2.27. The molecule has 1 aliphatic rings. The number of likely N-dealkylation sites (tertiary alicyclic amines) is 1. The molecule has 8 heteroatoms. The van der Waals surface area contributed by atoms with Crippen LogP contribution in [0.2, 0.25) is 0 Å². The predicted octanol–water partition coefficient (Wildman–Crippen LogP) is 2.33. The van der Waals surface area contributed by atoms with Gasteiger partial charge in [-0.05, 0) is 26.3 Å². The summed E-state index contributed by atoms with van der Waals surface area (Å²) in [7, 11) is 0. The molecule has 1 aliphatic heterocycles. The fourth-order valence-electron chi connectivity index (χ4n) is 2.43. The van der Waals surface area contributed by atoms with E-state index in [1.807, 2.05) is 6.92 Å². The smallest absolute Gasteiger partial charge is 0.406 e. The van der Waals surface area contributed by atoms with E-state index in [0.29, 0.717) is 13.0 Å². The van der Waals surface area contributed by atoms with Gasteiger partial charge >= 0.3 is 12.1 Å². The second-order valence-electron chi connectivity index (χ2n) is 5.02. The number of carboxylic acid groups (broad SMARTS) is 1. The molecule has 112 valence electrons. The van der Waals surface area contributed by atoms with Crippen molar-refractivity contribution in [3.8, 4) is 0 Å². The van der Waals surface area contributed by atoms with Gasteiger partial charge in [-0.3, -0.25) is 4.79 Å². The Hall–Kier alpha value is -1.15. The molecule has 1 aromatic rings. The molecule has 0 spiro atoms. The lowest BCUT2D eigenvalue weighted by molar-refractivity contribution is -0.227. The molecule has 1 N–H and O–H groups in total. The van der Waals surface area contributed by atoms with Crippen molar-refractivity contribution in [1.29, 1.82) is 0 Å². The summed E-state index contributed by atoms with van der Waals surface area (Å²) in [6, 6.07) is 0. The first-order valence-corrected chi connectivity index (χ1v) is 7.06. The third-order valence-electron chi connectivity index (χ3n) is 3.80. The van der Waals surface area contributed by atoms with Crippen LogP contribution in [0.3, 0.4) is 0 Å². The minimum absolute atomic E-state index is 0.156. The quantitative estimate of drug-likeness (QED) is 0.927. The highest BCUT2D eigenvalue weighted by atomic mass is 32.1. The maximum absolute atomic E-state index is 13.0. The molecule has 1 unspecified atom stereocenters. The minimum atomic E-state index is -4.71. The van der Waals surface area contributed by atoms with Gasteiger partial charge in [0.2, 0.25) is 0 Å². The summed E-state index contributed by atoms with van der Waals surface area (Å²) in [6.07, 6.45) is -4.49. The van der Waals surface area contributed by atoms with Crippen molar-refractivity contribution in [2.45, 2.75) is 25.9 Å². The van der Waals surface area contributed by atoms with Crippen LogP contribution in [0.1, 0.15) is 17.0 Å². The summed E-state index contributed by atoms with van der Waals surface area (Å²) in [5, 5.41) is 8.96. The number of thiazole rings is 1. The van der Waals surface area contributed by atoms with Crippen LogP contribution in [0.4, 0.5) is 13.2 Å². The summed E-state index contributed by atoms with van der Waals surface area (Å²) >= 11 is 1.47. The molecule has 1 fully saturated rings. The van der Waals surface area contributed by atoms with Gasteiger partial charge in [-0.1, -0.05) is 0 Å². The number of aliphatic carboxylic acids is 1. The highest BCUT2D eigenvalue weighted by Gasteiger charge is 2.63. The Kier molecular flexibility index (Phi) is 4.06. The Labute approximate surface area is 118 Å². The normalized spacial score (nSPS) is 24.2. The number of halogens is 3. The number of nitrogens with zero attached hydrogens (tertiary/aromatic N) is 2. The van der Waals surface area contributed by atoms with Crippen LogP contribution in [-0.2, 0) is 11.2 Å². The van der Waals surface area contributed by atoms with Crippen LogP contribution >= 0.6 is 11.3 Å². The molecule has 2 heterocycles. The van der Waals surface area contributed by atoms with E-state index in [-0.39, 0.29) is 13.0 Å². The van der Waals surface area contributed by atoms with Crippen molar-refractivity contribution >= 4 is 17.3 Å². The van der Waals surface area contributed by atoms with Gasteiger partial charge in [-0.2, -0.15) is 13.2 Å². The van der Waals surface area contributed by atoms with Crippen molar-refractivity contribution in [2.75, 3.05) is 19.6 Å². The highest BCUT2D eigenvalue weighted by Crippen LogP contribution is 2.45. The third kappa shape index (κ3) is 2.67. The second kappa shape index (κ2) is 5.33. The van der Waals surface area contributed by atoms with E-state index in [1.54, 1.807) is 10.4 Å². The Morgan fingerprint density at radius 3 is 2.75 bits per heavy atom. The van der Waals surface area contributed by atoms with Gasteiger partial charge in [0.05, 0.1) is 11.2 Å². The molecular weight excluding hydrogens is 293 g/mol. The van der Waals surface area contributed by atoms with Crippen LogP contribution in [-0.4, -0.2) is 46.8 Å². The number of aromatic nitrogens is 1. The first-order valence-electron chi connectivity index (χ1n) is 6.18. The molecular formula is C12H15F3N2O2S. The maximum atomic E-state index is 13.0. The van der Waals surface area contributed by atoms with Crippen LogP contribution in [0.15, 0.2) is 5.51 Å². The van der Waals surface area contributed by atoms with Crippen LogP contribution in [0.25, 0.3) is 0 Å². The van der Waals surface area contributed by atoms with Crippen LogP contribution in [0, 0.1) is 12.3 Å². The van der Waals surface area contributed by atoms with Crippen LogP contribution in [0.5, 0.6) is 0 Å². The summed E-state index contributed by atoms with van der Waals surface area (Å²) in [5.74, 6) is -1.78. The largest absolute Gasteiger partial charge is 0.481 e. The maximum Gasteiger partial charge on any atom is 0.406 e. The first kappa shape index (κ1) is 15.2. The Morgan fingerprint density at radius 2 is 2.30 bits per heavy atom. The fraction of sp³-hybridized carbons (Fsp3) is 0.667. The zero-order chi connectivity index (χ0) is 15.0. The summed E-state index contributed by atoms with van der Waals surface area (Å²) < 4.78 is 39.0. The Bertz CT molecular complexity index is 503. The SMILES string of the molecule is Cc1ncsc1CCN1CCC(C(=O)O)(C(F)(F)F)C1. The molecule has 0 saturated carbocycles. The summed E-state index contributed by atoms with van der Waals surface area (Å²) in [4.78, 5) is 17.7. The molecule has 0 bridgehead atoms. The number of hydrogen-bond donors (Lipinski definition) is 1. The second-order valence-corrected chi connectivity index (χ2v) is 5.96. The van der Waals surface area contributed by atoms with Crippen molar-refractivity contribution in [2.24, 2.45) is 5.41 Å². The average molecular weight is 308 g/mol. The van der Waals surface area contributed by atoms with Gasteiger partial charge in [0.1, 0.15) is 0 Å². The lowest BCUT2D eigenvalue weighted by atomic mass is 9.86. The number of alkyl halides is 3. The molecule has 20 heavy (non-hydrogen) atoms. The zero-order valence-electron chi connectivity index (χ0n) is 10.9. The highest BCUT2D eigenvalue weighted by molar-refractivity contribution is 7.09. The number of hydrogen-bond acceptors (Lipinski definition) is 4. The minimum Gasteiger partial charge on any atom is -0.481 e. The molecule has 1 atom stereocenters. The Morgan fingerprint density at radius 1 is 1.60 bits per heavy atom. The van der Waals surface area contributed by atoms with Crippen LogP contribution < -0.4 is 0 Å². The number of carboxylic acids is 1. The summed E-state index contributed by atoms with van der Waals surface area (Å²) in [6.45, 7) is 1.97. The molecule has 0 radical (unpaired) electrons. The Balaban J connectivity index is 2.01. The molecule has 0 aromatic carbocycles. The van der Waals surface area contributed by atoms with E-state index in [0.717, 1.165) is 10.6 Å². The van der Waals surface area contributed by atoms with Crippen molar-refractivity contribution < 1.29 is 23.1 Å². The molecule has 1 aromatic heterocycles. The first-order chi connectivity index (χ1) is 9.26. The van der Waals surface area contributed by atoms with E-state index < -0.39 is 24.1 Å². The topological polar surface area (TPSA) is 53.4 Å². The molecule has 0 amide bonds. The average Bonchev–Trinajstić information content (AvgIpc) is 2.92. The standard InChI is InChI=1S/C12H15F3N2O2S/c1-8-9(20-7-16-8)2-4-17-5-3-11(6-17,10(18)19)12(13,14)15/h7H,2-6H2,1H3,(H,18,19). The van der Waals surface area contributed by atoms with Gasteiger partial charge < -0.3 is 10.0 Å². The van der Waals surface area contributed by atoms with Crippen molar-refractivity contribution in [1.82, 2.24) is 9.88 Å². The third-order valence-corrected chi connectivity index (χ3v) is 4.80. The van der Waals surface area contributed by atoms with Gasteiger partial charge in [-0.15, -0.1) is 11.3 Å². The van der Waals surface area contributed by atoms with E-state index >= 15 is 0 Å². The lowest BCUT2D eigenvalue weighted by Crippen LogP contribution is -2.47. The van der Waals surface area contributed by atoms with Gasteiger partial charge in [0.25, 0.3) is 0 Å². The number of aryl methyl sites for hydroxylation is 1. The zero-order valence-corrected chi connectivity index (χ0v) is 11.7. The van der Waals surface area contributed by atoms with Gasteiger partial charge in [0, 0.05) is 18.0 Å². The van der Waals surface area contributed by atoms with Gasteiger partial charge in [0.15, 0.2) is 5.41 Å². The molecule has 1 saturated heterocycles. The molecule has 0 aliphatic carbocycles. The van der Waals surface area contributed by atoms with E-state index in [2.05, 4.69) is 4.98 Å². The van der Waals surface area contributed by atoms with E-state index in [4.69, 9.17) is 5.11 Å². The predicted molar refractivity (Wildman–Crippen MR) is 67.7 cm³/mol. The van der Waals surface area contributed by atoms with Crippen molar-refractivity contribution in [3.05, 3.63) is 16.1 Å².